The number of carboxylic acids is 1. The number of carbonyl (C=O) groups excluding carboxylic acids is 2. The number of hydrogen-bond donors (Lipinski definition) is 2. The Kier molecular flexibility index (Phi) is 5.13. The Morgan fingerprint density at radius 2 is 2.24 bits per heavy atom. The predicted molar refractivity (Wildman–Crippen MR) is 80.2 cm³/mol. The predicted octanol–water partition coefficient (Wildman–Crippen LogP) is 1.69. The SMILES string of the molecule is CC1CCCCC1(NC(=O)CCN1CCSC1=O)C(=O)O. The highest BCUT2D eigenvalue weighted by molar-refractivity contribution is 8.13. The Balaban J connectivity index is 1.92. The molecule has 1 heterocycles. The lowest BCUT2D eigenvalue weighted by molar-refractivity contribution is -0.152. The molecule has 2 rings (SSSR count). The molecule has 2 aliphatic rings. The molecule has 0 aromatic carbocycles. The van der Waals surface area contributed by atoms with E-state index in [-0.39, 0.29) is 23.5 Å². The summed E-state index contributed by atoms with van der Waals surface area (Å²) in [5, 5.41) is 12.3. The number of carbonyl (C=O) groups is 3. The van der Waals surface area contributed by atoms with Gasteiger partial charge in [-0.2, -0.15) is 0 Å². The summed E-state index contributed by atoms with van der Waals surface area (Å²) in [7, 11) is 0. The summed E-state index contributed by atoms with van der Waals surface area (Å²) in [6.07, 6.45) is 3.28. The van der Waals surface area contributed by atoms with E-state index in [1.54, 1.807) is 4.90 Å². The summed E-state index contributed by atoms with van der Waals surface area (Å²) in [6, 6.07) is 0. The number of nitrogens with one attached hydrogen (secondary N) is 1. The summed E-state index contributed by atoms with van der Waals surface area (Å²) in [6.45, 7) is 2.91. The third-order valence-electron chi connectivity index (χ3n) is 4.50. The monoisotopic (exact) mass is 314 g/mol. The quantitative estimate of drug-likeness (QED) is 0.806. The molecule has 2 N–H and O–H groups in total. The molecule has 0 radical (unpaired) electrons. The second-order valence-corrected chi connectivity index (χ2v) is 6.87. The molecule has 1 saturated heterocycles. The highest BCUT2D eigenvalue weighted by Gasteiger charge is 2.46. The zero-order valence-corrected chi connectivity index (χ0v) is 13.1. The first kappa shape index (κ1) is 16.1. The number of amides is 2. The van der Waals surface area contributed by atoms with Crippen molar-refractivity contribution in [3.05, 3.63) is 0 Å². The van der Waals surface area contributed by atoms with Crippen molar-refractivity contribution in [1.82, 2.24) is 10.2 Å². The van der Waals surface area contributed by atoms with Gasteiger partial charge in [0.05, 0.1) is 0 Å². The van der Waals surface area contributed by atoms with Gasteiger partial charge in [-0.15, -0.1) is 0 Å². The summed E-state index contributed by atoms with van der Waals surface area (Å²) < 4.78 is 0. The van der Waals surface area contributed by atoms with Crippen LogP contribution < -0.4 is 5.32 Å². The minimum absolute atomic E-state index is 0.00165. The number of thioether (sulfide) groups is 1. The van der Waals surface area contributed by atoms with E-state index >= 15 is 0 Å². The van der Waals surface area contributed by atoms with Gasteiger partial charge >= 0.3 is 5.97 Å². The molecule has 0 bridgehead atoms. The lowest BCUT2D eigenvalue weighted by Gasteiger charge is -2.39. The molecule has 21 heavy (non-hydrogen) atoms. The third-order valence-corrected chi connectivity index (χ3v) is 5.39. The minimum Gasteiger partial charge on any atom is -0.479 e. The fourth-order valence-corrected chi connectivity index (χ4v) is 3.93. The van der Waals surface area contributed by atoms with Crippen LogP contribution in [0, 0.1) is 5.92 Å². The molecule has 1 saturated carbocycles. The molecule has 1 aliphatic carbocycles. The van der Waals surface area contributed by atoms with Gasteiger partial charge in [0.15, 0.2) is 0 Å². The van der Waals surface area contributed by atoms with Crippen LogP contribution in [0.1, 0.15) is 39.0 Å². The lowest BCUT2D eigenvalue weighted by atomic mass is 9.73. The minimum atomic E-state index is -1.14. The van der Waals surface area contributed by atoms with Crippen LogP contribution in [0.15, 0.2) is 0 Å². The topological polar surface area (TPSA) is 86.7 Å². The average Bonchev–Trinajstić information content (AvgIpc) is 2.84. The van der Waals surface area contributed by atoms with E-state index in [2.05, 4.69) is 5.32 Å². The molecule has 2 atom stereocenters. The smallest absolute Gasteiger partial charge is 0.329 e. The van der Waals surface area contributed by atoms with Crippen LogP contribution in [0.2, 0.25) is 0 Å². The largest absolute Gasteiger partial charge is 0.479 e. The first-order chi connectivity index (χ1) is 9.95. The van der Waals surface area contributed by atoms with Gasteiger partial charge in [-0.3, -0.25) is 9.59 Å². The maximum atomic E-state index is 12.1. The van der Waals surface area contributed by atoms with E-state index in [4.69, 9.17) is 0 Å². The van der Waals surface area contributed by atoms with Crippen molar-refractivity contribution in [2.75, 3.05) is 18.8 Å². The molecule has 0 spiro atoms. The zero-order chi connectivity index (χ0) is 15.5. The van der Waals surface area contributed by atoms with Gasteiger partial charge in [-0.25, -0.2) is 4.79 Å². The Labute approximate surface area is 128 Å². The third kappa shape index (κ3) is 3.51. The second kappa shape index (κ2) is 6.68. The number of aliphatic carboxylic acids is 1. The van der Waals surface area contributed by atoms with Gasteiger partial charge in [0, 0.05) is 25.3 Å². The van der Waals surface area contributed by atoms with E-state index < -0.39 is 11.5 Å². The standard InChI is InChI=1S/C14H22N2O4S/c1-10-4-2-3-6-14(10,12(18)19)15-11(17)5-7-16-8-9-21-13(16)20/h10H,2-9H2,1H3,(H,15,17)(H,18,19). The van der Waals surface area contributed by atoms with Crippen LogP contribution in [0.3, 0.4) is 0 Å². The molecule has 2 unspecified atom stereocenters. The van der Waals surface area contributed by atoms with Crippen molar-refractivity contribution in [3.8, 4) is 0 Å². The molecule has 6 nitrogen and oxygen atoms in total. The number of hydrogen-bond acceptors (Lipinski definition) is 4. The summed E-state index contributed by atoms with van der Waals surface area (Å²) in [5.74, 6) is -0.542. The van der Waals surface area contributed by atoms with Crippen molar-refractivity contribution in [2.24, 2.45) is 5.92 Å². The fourth-order valence-electron chi connectivity index (χ4n) is 3.08. The molecular formula is C14H22N2O4S. The van der Waals surface area contributed by atoms with Gasteiger partial charge < -0.3 is 15.3 Å². The Bertz CT molecular complexity index is 443. The van der Waals surface area contributed by atoms with Gasteiger partial charge in [0.25, 0.3) is 5.24 Å². The Hall–Kier alpha value is -1.24. The van der Waals surface area contributed by atoms with Crippen molar-refractivity contribution in [1.29, 1.82) is 0 Å². The Morgan fingerprint density at radius 1 is 1.48 bits per heavy atom. The van der Waals surface area contributed by atoms with Crippen LogP contribution in [0.5, 0.6) is 0 Å². The van der Waals surface area contributed by atoms with E-state index in [9.17, 15) is 19.5 Å². The molecule has 118 valence electrons. The average molecular weight is 314 g/mol. The molecule has 2 amide bonds. The van der Waals surface area contributed by atoms with E-state index in [0.29, 0.717) is 19.5 Å². The van der Waals surface area contributed by atoms with Crippen molar-refractivity contribution < 1.29 is 19.5 Å². The fraction of sp³-hybridized carbons (Fsp3) is 0.786. The van der Waals surface area contributed by atoms with Crippen LogP contribution in [0.25, 0.3) is 0 Å². The van der Waals surface area contributed by atoms with Crippen molar-refractivity contribution in [3.63, 3.8) is 0 Å². The van der Waals surface area contributed by atoms with Crippen molar-refractivity contribution in [2.45, 2.75) is 44.6 Å². The summed E-state index contributed by atoms with van der Waals surface area (Å²) in [4.78, 5) is 36.9. The first-order valence-corrected chi connectivity index (χ1v) is 8.40. The number of carboxylic acid groups (broad SMARTS) is 1. The van der Waals surface area contributed by atoms with Gasteiger partial charge in [-0.1, -0.05) is 31.5 Å². The maximum absolute atomic E-state index is 12.1. The van der Waals surface area contributed by atoms with Crippen LogP contribution in [-0.2, 0) is 9.59 Å². The number of nitrogens with zero attached hydrogens (tertiary/aromatic N) is 1. The summed E-state index contributed by atoms with van der Waals surface area (Å²) in [5.41, 5.74) is -1.14. The van der Waals surface area contributed by atoms with Crippen LogP contribution in [-0.4, -0.2) is 51.5 Å². The highest BCUT2D eigenvalue weighted by Crippen LogP contribution is 2.34. The molecule has 0 aromatic heterocycles. The van der Waals surface area contributed by atoms with Crippen LogP contribution in [0.4, 0.5) is 4.79 Å². The first-order valence-electron chi connectivity index (χ1n) is 7.42. The van der Waals surface area contributed by atoms with E-state index in [0.717, 1.165) is 25.0 Å². The van der Waals surface area contributed by atoms with Crippen LogP contribution >= 0.6 is 11.8 Å². The normalized spacial score (nSPS) is 29.5. The molecule has 1 aliphatic heterocycles. The maximum Gasteiger partial charge on any atom is 0.329 e. The Morgan fingerprint density at radius 3 is 2.81 bits per heavy atom. The number of rotatable bonds is 5. The second-order valence-electron chi connectivity index (χ2n) is 5.82. The van der Waals surface area contributed by atoms with Crippen molar-refractivity contribution >= 4 is 28.9 Å². The van der Waals surface area contributed by atoms with E-state index in [1.165, 1.54) is 11.8 Å². The lowest BCUT2D eigenvalue weighted by Crippen LogP contribution is -2.60. The zero-order valence-electron chi connectivity index (χ0n) is 12.3. The van der Waals surface area contributed by atoms with Gasteiger partial charge in [0.2, 0.25) is 5.91 Å². The van der Waals surface area contributed by atoms with Gasteiger partial charge in [0.1, 0.15) is 5.54 Å². The molecule has 7 heteroatoms. The van der Waals surface area contributed by atoms with E-state index in [1.807, 2.05) is 6.92 Å². The highest BCUT2D eigenvalue weighted by atomic mass is 32.2. The van der Waals surface area contributed by atoms with Gasteiger partial charge in [-0.05, 0) is 18.8 Å². The molecule has 2 fully saturated rings. The molecular weight excluding hydrogens is 292 g/mol. The summed E-state index contributed by atoms with van der Waals surface area (Å²) >= 11 is 1.26. The molecule has 0 aromatic rings.